The van der Waals surface area contributed by atoms with E-state index in [4.69, 9.17) is 0 Å². The summed E-state index contributed by atoms with van der Waals surface area (Å²) in [7, 11) is 0. The average molecular weight is 357 g/mol. The van der Waals surface area contributed by atoms with Crippen LogP contribution in [0.1, 0.15) is 16.7 Å². The molecule has 0 saturated heterocycles. The van der Waals surface area contributed by atoms with Gasteiger partial charge in [-0.25, -0.2) is 9.38 Å². The Hall–Kier alpha value is -3.60. The number of carbonyl (C=O) groups excluding carboxylic acids is 1. The fourth-order valence-corrected chi connectivity index (χ4v) is 2.86. The van der Waals surface area contributed by atoms with E-state index in [1.165, 1.54) is 12.1 Å². The summed E-state index contributed by atoms with van der Waals surface area (Å²) in [5.74, 6) is -0.0859. The van der Waals surface area contributed by atoms with Crippen molar-refractivity contribution in [3.63, 3.8) is 0 Å². The molecule has 2 aromatic carbocycles. The van der Waals surface area contributed by atoms with Crippen LogP contribution in [0.2, 0.25) is 0 Å². The third-order valence-corrected chi connectivity index (χ3v) is 4.26. The molecule has 0 aliphatic carbocycles. The molecule has 1 aliphatic heterocycles. The zero-order valence-electron chi connectivity index (χ0n) is 14.6. The predicted molar refractivity (Wildman–Crippen MR) is 104 cm³/mol. The molecule has 0 bridgehead atoms. The summed E-state index contributed by atoms with van der Waals surface area (Å²) >= 11 is 0. The van der Waals surface area contributed by atoms with Crippen molar-refractivity contribution in [3.8, 4) is 0 Å². The van der Waals surface area contributed by atoms with E-state index in [0.29, 0.717) is 22.8 Å². The summed E-state index contributed by atoms with van der Waals surface area (Å²) in [6.45, 7) is 1.99. The maximum absolute atomic E-state index is 13.3. The maximum Gasteiger partial charge on any atom is 0.282 e. The summed E-state index contributed by atoms with van der Waals surface area (Å²) in [5, 5.41) is 0. The first kappa shape index (κ1) is 16.8. The molecule has 0 radical (unpaired) electrons. The number of amidine groups is 1. The summed E-state index contributed by atoms with van der Waals surface area (Å²) < 4.78 is 13.3. The van der Waals surface area contributed by atoms with Gasteiger partial charge in [-0.3, -0.25) is 14.7 Å². The van der Waals surface area contributed by atoms with E-state index in [0.717, 1.165) is 11.1 Å². The minimum absolute atomic E-state index is 0.227. The summed E-state index contributed by atoms with van der Waals surface area (Å²) in [4.78, 5) is 23.2. The Kier molecular flexibility index (Phi) is 4.34. The second-order valence-corrected chi connectivity index (χ2v) is 6.23. The van der Waals surface area contributed by atoms with Crippen molar-refractivity contribution in [2.75, 3.05) is 4.90 Å². The van der Waals surface area contributed by atoms with Crippen LogP contribution in [0.4, 0.5) is 10.1 Å². The van der Waals surface area contributed by atoms with Gasteiger partial charge in [0.1, 0.15) is 17.3 Å². The van der Waals surface area contributed by atoms with Gasteiger partial charge >= 0.3 is 0 Å². The number of carbonyl (C=O) groups is 1. The standard InChI is InChI=1S/C22H16FN3O/c1-15-2-8-19(9-3-15)26-21(17-4-6-18(23)7-5-17)25-20(22(26)27)14-16-10-12-24-13-11-16/h2-14H,1H3/b20-14+. The number of nitrogens with zero attached hydrogens (tertiary/aromatic N) is 3. The molecule has 0 atom stereocenters. The van der Waals surface area contributed by atoms with Gasteiger partial charge in [0.05, 0.1) is 5.69 Å². The largest absolute Gasteiger partial charge is 0.282 e. The molecule has 0 saturated carbocycles. The highest BCUT2D eigenvalue weighted by molar-refractivity contribution is 6.33. The van der Waals surface area contributed by atoms with E-state index >= 15 is 0 Å². The van der Waals surface area contributed by atoms with Crippen LogP contribution in [-0.2, 0) is 4.79 Å². The average Bonchev–Trinajstić information content (AvgIpc) is 3.00. The third-order valence-electron chi connectivity index (χ3n) is 4.26. The minimum atomic E-state index is -0.335. The molecule has 0 N–H and O–H groups in total. The number of amides is 1. The van der Waals surface area contributed by atoms with Crippen molar-refractivity contribution < 1.29 is 9.18 Å². The predicted octanol–water partition coefficient (Wildman–Crippen LogP) is 4.36. The summed E-state index contributed by atoms with van der Waals surface area (Å²) in [6.07, 6.45) is 5.05. The number of aliphatic imine (C=N–C) groups is 1. The van der Waals surface area contributed by atoms with Gasteiger partial charge in [0, 0.05) is 18.0 Å². The van der Waals surface area contributed by atoms with E-state index in [-0.39, 0.29) is 11.7 Å². The monoisotopic (exact) mass is 357 g/mol. The molecule has 0 spiro atoms. The number of pyridine rings is 1. The van der Waals surface area contributed by atoms with E-state index in [1.807, 2.05) is 43.3 Å². The Bertz CT molecular complexity index is 1040. The molecular weight excluding hydrogens is 341 g/mol. The van der Waals surface area contributed by atoms with Crippen LogP contribution >= 0.6 is 0 Å². The first-order valence-corrected chi connectivity index (χ1v) is 8.49. The Morgan fingerprint density at radius 1 is 0.926 bits per heavy atom. The number of hydrogen-bond acceptors (Lipinski definition) is 3. The number of anilines is 1. The zero-order valence-corrected chi connectivity index (χ0v) is 14.6. The van der Waals surface area contributed by atoms with Gasteiger partial charge in [-0.15, -0.1) is 0 Å². The highest BCUT2D eigenvalue weighted by atomic mass is 19.1. The van der Waals surface area contributed by atoms with E-state index in [1.54, 1.807) is 35.5 Å². The SMILES string of the molecule is Cc1ccc(N2C(=O)/C(=C\c3ccncc3)N=C2c2ccc(F)cc2)cc1. The van der Waals surface area contributed by atoms with Crippen LogP contribution in [-0.4, -0.2) is 16.7 Å². The van der Waals surface area contributed by atoms with Crippen LogP contribution in [0.25, 0.3) is 6.08 Å². The molecule has 3 aromatic rings. The third kappa shape index (κ3) is 3.40. The van der Waals surface area contributed by atoms with Crippen molar-refractivity contribution in [3.05, 3.63) is 101 Å². The molecule has 27 heavy (non-hydrogen) atoms. The van der Waals surface area contributed by atoms with Crippen LogP contribution in [0, 0.1) is 12.7 Å². The molecule has 132 valence electrons. The number of aryl methyl sites for hydroxylation is 1. The maximum atomic E-state index is 13.3. The second-order valence-electron chi connectivity index (χ2n) is 6.23. The second kappa shape index (κ2) is 6.96. The lowest BCUT2D eigenvalue weighted by molar-refractivity contribution is -0.113. The minimum Gasteiger partial charge on any atom is -0.266 e. The molecular formula is C22H16FN3O. The Labute approximate surface area is 156 Å². The quantitative estimate of drug-likeness (QED) is 0.654. The Morgan fingerprint density at radius 2 is 1.59 bits per heavy atom. The number of benzene rings is 2. The van der Waals surface area contributed by atoms with Crippen molar-refractivity contribution in [2.45, 2.75) is 6.92 Å². The number of aromatic nitrogens is 1. The number of rotatable bonds is 3. The number of halogens is 1. The lowest BCUT2D eigenvalue weighted by Crippen LogP contribution is -2.32. The molecule has 4 nitrogen and oxygen atoms in total. The van der Waals surface area contributed by atoms with Gasteiger partial charge in [0.15, 0.2) is 0 Å². The fraction of sp³-hybridized carbons (Fsp3) is 0.0455. The fourth-order valence-electron chi connectivity index (χ4n) is 2.86. The molecule has 0 fully saturated rings. The van der Waals surface area contributed by atoms with Gasteiger partial charge in [0.2, 0.25) is 0 Å². The smallest absolute Gasteiger partial charge is 0.266 e. The first-order chi connectivity index (χ1) is 13.1. The lowest BCUT2D eigenvalue weighted by atomic mass is 10.1. The molecule has 5 heteroatoms. The van der Waals surface area contributed by atoms with Gasteiger partial charge < -0.3 is 0 Å². The summed E-state index contributed by atoms with van der Waals surface area (Å²) in [6, 6.07) is 17.2. The van der Waals surface area contributed by atoms with E-state index in [9.17, 15) is 9.18 Å². The zero-order chi connectivity index (χ0) is 18.8. The van der Waals surface area contributed by atoms with Crippen LogP contribution in [0.5, 0.6) is 0 Å². The van der Waals surface area contributed by atoms with Crippen LogP contribution in [0.15, 0.2) is 83.7 Å². The van der Waals surface area contributed by atoms with Crippen molar-refractivity contribution in [2.24, 2.45) is 4.99 Å². The summed E-state index contributed by atoms with van der Waals surface area (Å²) in [5.41, 5.74) is 3.64. The van der Waals surface area contributed by atoms with E-state index in [2.05, 4.69) is 9.98 Å². The van der Waals surface area contributed by atoms with Gasteiger partial charge in [0.25, 0.3) is 5.91 Å². The molecule has 1 aliphatic rings. The van der Waals surface area contributed by atoms with Crippen LogP contribution < -0.4 is 4.90 Å². The topological polar surface area (TPSA) is 45.6 Å². The molecule has 2 heterocycles. The Morgan fingerprint density at radius 3 is 2.26 bits per heavy atom. The highest BCUT2D eigenvalue weighted by Gasteiger charge is 2.32. The van der Waals surface area contributed by atoms with Crippen molar-refractivity contribution >= 4 is 23.5 Å². The molecule has 0 unspecified atom stereocenters. The van der Waals surface area contributed by atoms with Crippen LogP contribution in [0.3, 0.4) is 0 Å². The molecule has 1 aromatic heterocycles. The Balaban J connectivity index is 1.82. The molecule has 4 rings (SSSR count). The van der Waals surface area contributed by atoms with Gasteiger partial charge in [-0.2, -0.15) is 0 Å². The normalized spacial score (nSPS) is 15.3. The van der Waals surface area contributed by atoms with Gasteiger partial charge in [-0.1, -0.05) is 17.7 Å². The number of hydrogen-bond donors (Lipinski definition) is 0. The first-order valence-electron chi connectivity index (χ1n) is 8.49. The molecule has 1 amide bonds. The van der Waals surface area contributed by atoms with Crippen molar-refractivity contribution in [1.29, 1.82) is 0 Å². The van der Waals surface area contributed by atoms with Crippen molar-refractivity contribution in [1.82, 2.24) is 4.98 Å². The lowest BCUT2D eigenvalue weighted by Gasteiger charge is -2.18. The highest BCUT2D eigenvalue weighted by Crippen LogP contribution is 2.28. The van der Waals surface area contributed by atoms with E-state index < -0.39 is 0 Å². The van der Waals surface area contributed by atoms with Gasteiger partial charge in [-0.05, 0) is 67.1 Å².